The molecule has 0 unspecified atom stereocenters. The maximum Gasteiger partial charge on any atom is 0.341 e. The molecule has 0 spiro atoms. The summed E-state index contributed by atoms with van der Waals surface area (Å²) in [6.07, 6.45) is 0. The van der Waals surface area contributed by atoms with Crippen LogP contribution in [0.3, 0.4) is 0 Å². The lowest BCUT2D eigenvalue weighted by atomic mass is 10.1. The number of methoxy groups -OCH3 is 1. The van der Waals surface area contributed by atoms with E-state index in [0.717, 1.165) is 10.4 Å². The summed E-state index contributed by atoms with van der Waals surface area (Å²) < 4.78 is 20.8. The van der Waals surface area contributed by atoms with E-state index in [0.29, 0.717) is 28.7 Å². The van der Waals surface area contributed by atoms with Crippen LogP contribution < -0.4 is 14.8 Å². The Balaban J connectivity index is 2.05. The van der Waals surface area contributed by atoms with E-state index in [2.05, 4.69) is 5.32 Å². The number of nitrogens with one attached hydrogen (secondary N) is 1. The average Bonchev–Trinajstić information content (AvgIpc) is 2.99. The van der Waals surface area contributed by atoms with Crippen molar-refractivity contribution in [2.45, 2.75) is 27.7 Å². The fourth-order valence-corrected chi connectivity index (χ4v) is 3.68. The van der Waals surface area contributed by atoms with E-state index in [1.54, 1.807) is 19.9 Å². The van der Waals surface area contributed by atoms with E-state index in [1.807, 2.05) is 13.8 Å². The first kappa shape index (κ1) is 23.2. The van der Waals surface area contributed by atoms with Crippen molar-refractivity contribution >= 4 is 34.2 Å². The standard InChI is InChI=1S/C21H25NO7S/c1-6-27-16-10-14(8-9-15(16)26-5)20(24)29-11-17(23)22-19-18(21(25)28-7-2)12(3)13(4)30-19/h8-10H,6-7,11H2,1-5H3,(H,22,23). The molecule has 2 aromatic rings. The van der Waals surface area contributed by atoms with Crippen LogP contribution in [0.5, 0.6) is 11.5 Å². The number of amides is 1. The van der Waals surface area contributed by atoms with Gasteiger partial charge in [0.05, 0.1) is 31.5 Å². The number of hydrogen-bond donors (Lipinski definition) is 1. The number of ether oxygens (including phenoxy) is 4. The molecule has 0 aliphatic carbocycles. The van der Waals surface area contributed by atoms with Gasteiger partial charge in [-0.05, 0) is 51.5 Å². The van der Waals surface area contributed by atoms with Crippen molar-refractivity contribution < 1.29 is 33.3 Å². The molecule has 0 saturated heterocycles. The molecule has 1 heterocycles. The van der Waals surface area contributed by atoms with Gasteiger partial charge in [-0.2, -0.15) is 0 Å². The molecule has 0 aliphatic rings. The fourth-order valence-electron chi connectivity index (χ4n) is 2.61. The summed E-state index contributed by atoms with van der Waals surface area (Å²) in [5.74, 6) is -0.858. The van der Waals surface area contributed by atoms with Crippen LogP contribution in [0.4, 0.5) is 5.00 Å². The van der Waals surface area contributed by atoms with Crippen molar-refractivity contribution in [3.63, 3.8) is 0 Å². The van der Waals surface area contributed by atoms with Crippen LogP contribution in [0.2, 0.25) is 0 Å². The Morgan fingerprint density at radius 2 is 1.73 bits per heavy atom. The summed E-state index contributed by atoms with van der Waals surface area (Å²) >= 11 is 1.26. The number of rotatable bonds is 9. The number of thiophene rings is 1. The molecule has 2 rings (SSSR count). The lowest BCUT2D eigenvalue weighted by Crippen LogP contribution is -2.21. The molecule has 1 aromatic carbocycles. The monoisotopic (exact) mass is 435 g/mol. The fraction of sp³-hybridized carbons (Fsp3) is 0.381. The van der Waals surface area contributed by atoms with Gasteiger partial charge in [-0.25, -0.2) is 9.59 Å². The maximum absolute atomic E-state index is 12.3. The number of aryl methyl sites for hydroxylation is 1. The van der Waals surface area contributed by atoms with Crippen molar-refractivity contribution in [2.75, 3.05) is 32.2 Å². The normalized spacial score (nSPS) is 10.3. The molecule has 0 bridgehead atoms. The Kier molecular flexibility index (Phi) is 8.23. The zero-order valence-electron chi connectivity index (χ0n) is 17.6. The molecule has 1 amide bonds. The summed E-state index contributed by atoms with van der Waals surface area (Å²) in [5, 5.41) is 2.99. The predicted octanol–water partition coefficient (Wildman–Crippen LogP) is 3.74. The summed E-state index contributed by atoms with van der Waals surface area (Å²) in [5.41, 5.74) is 1.28. The predicted molar refractivity (Wildman–Crippen MR) is 113 cm³/mol. The maximum atomic E-state index is 12.3. The number of benzene rings is 1. The van der Waals surface area contributed by atoms with E-state index in [-0.39, 0.29) is 12.2 Å². The van der Waals surface area contributed by atoms with Crippen LogP contribution in [-0.2, 0) is 14.3 Å². The van der Waals surface area contributed by atoms with Gasteiger partial charge in [-0.1, -0.05) is 0 Å². The largest absolute Gasteiger partial charge is 0.493 e. The van der Waals surface area contributed by atoms with Gasteiger partial charge in [0.1, 0.15) is 5.00 Å². The highest BCUT2D eigenvalue weighted by atomic mass is 32.1. The zero-order chi connectivity index (χ0) is 22.3. The average molecular weight is 435 g/mol. The molecular weight excluding hydrogens is 410 g/mol. The number of esters is 2. The molecule has 0 saturated carbocycles. The van der Waals surface area contributed by atoms with Gasteiger partial charge < -0.3 is 24.3 Å². The third-order valence-corrected chi connectivity index (χ3v) is 5.27. The number of carbonyl (C=O) groups excluding carboxylic acids is 3. The van der Waals surface area contributed by atoms with Crippen molar-refractivity contribution in [2.24, 2.45) is 0 Å². The van der Waals surface area contributed by atoms with Crippen molar-refractivity contribution in [1.29, 1.82) is 0 Å². The van der Waals surface area contributed by atoms with Crippen LogP contribution in [0.1, 0.15) is 45.0 Å². The zero-order valence-corrected chi connectivity index (χ0v) is 18.4. The summed E-state index contributed by atoms with van der Waals surface area (Å²) in [7, 11) is 1.50. The van der Waals surface area contributed by atoms with Crippen molar-refractivity contribution in [3.8, 4) is 11.5 Å². The molecule has 0 fully saturated rings. The summed E-state index contributed by atoms with van der Waals surface area (Å²) in [6, 6.07) is 4.60. The quantitative estimate of drug-likeness (QED) is 0.599. The summed E-state index contributed by atoms with van der Waals surface area (Å²) in [6.45, 7) is 7.27. The van der Waals surface area contributed by atoms with E-state index < -0.39 is 24.5 Å². The number of carbonyl (C=O) groups is 3. The van der Waals surface area contributed by atoms with E-state index >= 15 is 0 Å². The van der Waals surface area contributed by atoms with Gasteiger partial charge in [0.15, 0.2) is 18.1 Å². The highest BCUT2D eigenvalue weighted by molar-refractivity contribution is 7.16. The Labute approximate surface area is 179 Å². The molecule has 30 heavy (non-hydrogen) atoms. The SMILES string of the molecule is CCOC(=O)c1c(NC(=O)COC(=O)c2ccc(OC)c(OCC)c2)sc(C)c1C. The molecule has 162 valence electrons. The number of hydrogen-bond acceptors (Lipinski definition) is 8. The van der Waals surface area contributed by atoms with E-state index in [4.69, 9.17) is 18.9 Å². The van der Waals surface area contributed by atoms with Crippen LogP contribution in [-0.4, -0.2) is 44.8 Å². The van der Waals surface area contributed by atoms with Crippen LogP contribution in [0.15, 0.2) is 18.2 Å². The Morgan fingerprint density at radius 3 is 2.37 bits per heavy atom. The lowest BCUT2D eigenvalue weighted by Gasteiger charge is -2.11. The first-order valence-electron chi connectivity index (χ1n) is 9.37. The third-order valence-electron chi connectivity index (χ3n) is 4.15. The molecule has 8 nitrogen and oxygen atoms in total. The van der Waals surface area contributed by atoms with Gasteiger partial charge in [-0.15, -0.1) is 11.3 Å². The highest BCUT2D eigenvalue weighted by Gasteiger charge is 2.22. The lowest BCUT2D eigenvalue weighted by molar-refractivity contribution is -0.119. The Hall–Kier alpha value is -3.07. The second kappa shape index (κ2) is 10.6. The second-order valence-corrected chi connectivity index (χ2v) is 7.36. The molecule has 1 N–H and O–H groups in total. The third kappa shape index (κ3) is 5.50. The van der Waals surface area contributed by atoms with E-state index in [9.17, 15) is 14.4 Å². The van der Waals surface area contributed by atoms with Crippen LogP contribution in [0, 0.1) is 13.8 Å². The number of anilines is 1. The van der Waals surface area contributed by atoms with Gasteiger partial charge >= 0.3 is 11.9 Å². The second-order valence-electron chi connectivity index (χ2n) is 6.13. The van der Waals surface area contributed by atoms with Gasteiger partial charge in [0.25, 0.3) is 5.91 Å². The first-order valence-corrected chi connectivity index (χ1v) is 10.2. The van der Waals surface area contributed by atoms with Gasteiger partial charge in [-0.3, -0.25) is 4.79 Å². The topological polar surface area (TPSA) is 100 Å². The Bertz CT molecular complexity index is 936. The first-order chi connectivity index (χ1) is 14.3. The molecular formula is C21H25NO7S. The minimum absolute atomic E-state index is 0.224. The Morgan fingerprint density at radius 1 is 1.00 bits per heavy atom. The van der Waals surface area contributed by atoms with Gasteiger partial charge in [0.2, 0.25) is 0 Å². The molecule has 1 aromatic heterocycles. The minimum Gasteiger partial charge on any atom is -0.493 e. The highest BCUT2D eigenvalue weighted by Crippen LogP contribution is 2.33. The molecule has 0 radical (unpaired) electrons. The van der Waals surface area contributed by atoms with Crippen molar-refractivity contribution in [3.05, 3.63) is 39.8 Å². The molecule has 9 heteroatoms. The van der Waals surface area contributed by atoms with E-state index in [1.165, 1.54) is 30.6 Å². The van der Waals surface area contributed by atoms with Crippen molar-refractivity contribution in [1.82, 2.24) is 0 Å². The van der Waals surface area contributed by atoms with Crippen LogP contribution in [0.25, 0.3) is 0 Å². The van der Waals surface area contributed by atoms with Gasteiger partial charge in [0, 0.05) is 4.88 Å². The smallest absolute Gasteiger partial charge is 0.341 e. The minimum atomic E-state index is -0.682. The molecule has 0 atom stereocenters. The molecule has 0 aliphatic heterocycles. The van der Waals surface area contributed by atoms with Crippen LogP contribution >= 0.6 is 11.3 Å². The summed E-state index contributed by atoms with van der Waals surface area (Å²) in [4.78, 5) is 37.7.